The van der Waals surface area contributed by atoms with Crippen molar-refractivity contribution >= 4 is 17.8 Å². The molecule has 0 aliphatic heterocycles. The number of aliphatic hydroxyl groups excluding tert-OH is 2. The van der Waals surface area contributed by atoms with Crippen LogP contribution in [0.25, 0.3) is 0 Å². The Morgan fingerprint density at radius 1 is 1.12 bits per heavy atom. The summed E-state index contributed by atoms with van der Waals surface area (Å²) >= 11 is 0. The number of rotatable bonds is 9. The molecule has 0 saturated carbocycles. The Hall–Kier alpha value is -2.69. The summed E-state index contributed by atoms with van der Waals surface area (Å²) in [6.07, 6.45) is -1.39. The third kappa shape index (κ3) is 6.31. The van der Waals surface area contributed by atoms with E-state index in [0.717, 1.165) is 0 Å². The Labute approximate surface area is 149 Å². The van der Waals surface area contributed by atoms with Gasteiger partial charge in [-0.25, -0.2) is 4.79 Å². The molecule has 10 heteroatoms. The summed E-state index contributed by atoms with van der Waals surface area (Å²) in [7, 11) is 0. The number of aliphatic hydroxyl groups is 2. The number of nitrogens with one attached hydrogen (secondary N) is 2. The van der Waals surface area contributed by atoms with Gasteiger partial charge >= 0.3 is 5.97 Å². The molecule has 2 amide bonds. The molecule has 26 heavy (non-hydrogen) atoms. The molecule has 0 radical (unpaired) electrons. The number of hydrogen-bond acceptors (Lipinski definition) is 7. The Bertz CT molecular complexity index is 633. The maximum absolute atomic E-state index is 12.4. The lowest BCUT2D eigenvalue weighted by Crippen LogP contribution is -2.57. The summed E-state index contributed by atoms with van der Waals surface area (Å²) in [5.41, 5.74) is 5.99. The third-order valence-electron chi connectivity index (χ3n) is 3.59. The molecule has 1 rings (SSSR count). The van der Waals surface area contributed by atoms with Gasteiger partial charge in [0.25, 0.3) is 0 Å². The SMILES string of the molecule is CC(O)C(NC(=O)C(Cc1ccc(O)cc1)NC(=O)C(N)CO)C(=O)O. The average Bonchev–Trinajstić information content (AvgIpc) is 2.59. The zero-order valence-electron chi connectivity index (χ0n) is 14.1. The largest absolute Gasteiger partial charge is 0.508 e. The topological polar surface area (TPSA) is 182 Å². The first-order chi connectivity index (χ1) is 12.1. The van der Waals surface area contributed by atoms with Gasteiger partial charge in [0, 0.05) is 6.42 Å². The fourth-order valence-electron chi connectivity index (χ4n) is 2.08. The van der Waals surface area contributed by atoms with E-state index in [1.54, 1.807) is 0 Å². The number of carbonyl (C=O) groups excluding carboxylic acids is 2. The van der Waals surface area contributed by atoms with Crippen LogP contribution in [0, 0.1) is 0 Å². The molecule has 8 N–H and O–H groups in total. The number of aromatic hydroxyl groups is 1. The highest BCUT2D eigenvalue weighted by Gasteiger charge is 2.30. The van der Waals surface area contributed by atoms with E-state index in [1.807, 2.05) is 0 Å². The van der Waals surface area contributed by atoms with Crippen LogP contribution in [0.4, 0.5) is 0 Å². The zero-order valence-corrected chi connectivity index (χ0v) is 14.1. The number of nitrogens with two attached hydrogens (primary N) is 1. The van der Waals surface area contributed by atoms with Gasteiger partial charge in [0.05, 0.1) is 12.7 Å². The number of phenolic OH excluding ortho intramolecular Hbond substituents is 1. The van der Waals surface area contributed by atoms with E-state index in [2.05, 4.69) is 10.6 Å². The van der Waals surface area contributed by atoms with Gasteiger partial charge < -0.3 is 36.8 Å². The van der Waals surface area contributed by atoms with Crippen molar-refractivity contribution in [2.24, 2.45) is 5.73 Å². The molecule has 144 valence electrons. The molecule has 4 unspecified atom stereocenters. The highest BCUT2D eigenvalue weighted by atomic mass is 16.4. The molecular formula is C16H23N3O7. The second-order valence-corrected chi connectivity index (χ2v) is 5.79. The standard InChI is InChI=1S/C16H23N3O7/c1-8(21)13(16(25)26)19-15(24)12(18-14(23)11(17)7-20)6-9-2-4-10(22)5-3-9/h2-5,8,11-13,20-22H,6-7,17H2,1H3,(H,18,23)(H,19,24)(H,25,26). The molecular weight excluding hydrogens is 346 g/mol. The minimum Gasteiger partial charge on any atom is -0.508 e. The lowest BCUT2D eigenvalue weighted by atomic mass is 10.0. The molecule has 1 aromatic rings. The smallest absolute Gasteiger partial charge is 0.328 e. The van der Waals surface area contributed by atoms with Crippen molar-refractivity contribution in [2.75, 3.05) is 6.61 Å². The number of carbonyl (C=O) groups is 3. The monoisotopic (exact) mass is 369 g/mol. The molecule has 10 nitrogen and oxygen atoms in total. The van der Waals surface area contributed by atoms with Crippen LogP contribution in [0.1, 0.15) is 12.5 Å². The number of amides is 2. The van der Waals surface area contributed by atoms with Gasteiger partial charge in [-0.1, -0.05) is 12.1 Å². The van der Waals surface area contributed by atoms with Crippen molar-refractivity contribution < 1.29 is 34.8 Å². The van der Waals surface area contributed by atoms with Gasteiger partial charge in [-0.2, -0.15) is 0 Å². The Kier molecular flexibility index (Phi) is 7.97. The molecule has 0 heterocycles. The van der Waals surface area contributed by atoms with Crippen molar-refractivity contribution in [3.8, 4) is 5.75 Å². The fourth-order valence-corrected chi connectivity index (χ4v) is 2.08. The fraction of sp³-hybridized carbons (Fsp3) is 0.438. The van der Waals surface area contributed by atoms with Crippen LogP contribution in [0.3, 0.4) is 0 Å². The van der Waals surface area contributed by atoms with Gasteiger partial charge in [-0.3, -0.25) is 9.59 Å². The number of carboxylic acid groups (broad SMARTS) is 1. The highest BCUT2D eigenvalue weighted by Crippen LogP contribution is 2.12. The second-order valence-electron chi connectivity index (χ2n) is 5.79. The normalized spacial score (nSPS) is 15.4. The maximum Gasteiger partial charge on any atom is 0.328 e. The van der Waals surface area contributed by atoms with E-state index in [9.17, 15) is 24.6 Å². The van der Waals surface area contributed by atoms with Crippen molar-refractivity contribution in [1.29, 1.82) is 0 Å². The van der Waals surface area contributed by atoms with Crippen LogP contribution in [-0.4, -0.2) is 69.0 Å². The maximum atomic E-state index is 12.4. The Balaban J connectivity index is 2.97. The van der Waals surface area contributed by atoms with Crippen LogP contribution in [0.2, 0.25) is 0 Å². The molecule has 1 aromatic carbocycles. The number of phenols is 1. The first-order valence-electron chi connectivity index (χ1n) is 7.81. The molecule has 0 bridgehead atoms. The molecule has 0 aliphatic rings. The van der Waals surface area contributed by atoms with Crippen LogP contribution in [0.15, 0.2) is 24.3 Å². The van der Waals surface area contributed by atoms with Crippen molar-refractivity contribution in [2.45, 2.75) is 37.6 Å². The number of aliphatic carboxylic acids is 1. The average molecular weight is 369 g/mol. The highest BCUT2D eigenvalue weighted by molar-refractivity contribution is 5.92. The van der Waals surface area contributed by atoms with Gasteiger partial charge in [-0.15, -0.1) is 0 Å². The first-order valence-corrected chi connectivity index (χ1v) is 7.81. The molecule has 0 saturated heterocycles. The molecule has 0 spiro atoms. The predicted molar refractivity (Wildman–Crippen MR) is 90.1 cm³/mol. The zero-order chi connectivity index (χ0) is 19.9. The molecule has 0 aliphatic carbocycles. The van der Waals surface area contributed by atoms with Gasteiger partial charge in [-0.05, 0) is 24.6 Å². The summed E-state index contributed by atoms with van der Waals surface area (Å²) in [5, 5.41) is 41.3. The van der Waals surface area contributed by atoms with Crippen LogP contribution >= 0.6 is 0 Å². The van der Waals surface area contributed by atoms with Crippen LogP contribution < -0.4 is 16.4 Å². The third-order valence-corrected chi connectivity index (χ3v) is 3.59. The van der Waals surface area contributed by atoms with E-state index >= 15 is 0 Å². The summed E-state index contributed by atoms with van der Waals surface area (Å²) in [6.45, 7) is 0.569. The van der Waals surface area contributed by atoms with Gasteiger partial charge in [0.1, 0.15) is 17.8 Å². The lowest BCUT2D eigenvalue weighted by molar-refractivity contribution is -0.145. The number of carboxylic acids is 1. The van der Waals surface area contributed by atoms with E-state index < -0.39 is 48.6 Å². The van der Waals surface area contributed by atoms with E-state index in [4.69, 9.17) is 15.9 Å². The molecule has 4 atom stereocenters. The Morgan fingerprint density at radius 2 is 1.69 bits per heavy atom. The van der Waals surface area contributed by atoms with E-state index in [1.165, 1.54) is 31.2 Å². The van der Waals surface area contributed by atoms with Crippen molar-refractivity contribution in [1.82, 2.24) is 10.6 Å². The van der Waals surface area contributed by atoms with Crippen molar-refractivity contribution in [3.05, 3.63) is 29.8 Å². The number of hydrogen-bond donors (Lipinski definition) is 7. The molecule has 0 fully saturated rings. The van der Waals surface area contributed by atoms with Crippen molar-refractivity contribution in [3.63, 3.8) is 0 Å². The Morgan fingerprint density at radius 3 is 2.15 bits per heavy atom. The van der Waals surface area contributed by atoms with Gasteiger partial charge in [0.15, 0.2) is 6.04 Å². The van der Waals surface area contributed by atoms with Crippen LogP contribution in [0.5, 0.6) is 5.75 Å². The lowest BCUT2D eigenvalue weighted by Gasteiger charge is -2.23. The predicted octanol–water partition coefficient (Wildman–Crippen LogP) is -2.31. The summed E-state index contributed by atoms with van der Waals surface area (Å²) in [4.78, 5) is 35.5. The minimum atomic E-state index is -1.56. The summed E-state index contributed by atoms with van der Waals surface area (Å²) in [5.74, 6) is -3.06. The minimum absolute atomic E-state index is 0.0149. The van der Waals surface area contributed by atoms with E-state index in [0.29, 0.717) is 5.56 Å². The number of benzene rings is 1. The second kappa shape index (κ2) is 9.70. The summed E-state index contributed by atoms with van der Waals surface area (Å²) < 4.78 is 0. The quantitative estimate of drug-likeness (QED) is 0.253. The van der Waals surface area contributed by atoms with Crippen LogP contribution in [-0.2, 0) is 20.8 Å². The first kappa shape index (κ1) is 21.4. The van der Waals surface area contributed by atoms with Gasteiger partial charge in [0.2, 0.25) is 11.8 Å². The summed E-state index contributed by atoms with van der Waals surface area (Å²) in [6, 6.07) is 1.81. The molecule has 0 aromatic heterocycles. The van der Waals surface area contributed by atoms with E-state index in [-0.39, 0.29) is 12.2 Å².